The van der Waals surface area contributed by atoms with Gasteiger partial charge < -0.3 is 5.11 Å². The quantitative estimate of drug-likeness (QED) is 0.660. The Hall–Kier alpha value is -3.09. The van der Waals surface area contributed by atoms with Gasteiger partial charge in [-0.1, -0.05) is 0 Å². The van der Waals surface area contributed by atoms with Gasteiger partial charge in [-0.3, -0.25) is 9.59 Å². The van der Waals surface area contributed by atoms with Gasteiger partial charge >= 0.3 is 0 Å². The van der Waals surface area contributed by atoms with E-state index in [1.807, 2.05) is 0 Å². The van der Waals surface area contributed by atoms with E-state index in [0.717, 1.165) is 0 Å². The SMILES string of the molecule is O=C(c1ccc(=O)[nH]n1)c1cc2ncncc2cc1O. The Morgan fingerprint density at radius 3 is 2.85 bits per heavy atom. The normalized spacial score (nSPS) is 10.6. The number of nitrogens with one attached hydrogen (secondary N) is 1. The van der Waals surface area contributed by atoms with Gasteiger partial charge in [0.25, 0.3) is 5.56 Å². The molecule has 2 heterocycles. The standard InChI is InChI=1S/C13H8N4O3/c18-11-3-7-5-14-6-15-10(7)4-8(11)13(20)9-1-2-12(19)17-16-9/h1-6,18H,(H,17,19). The summed E-state index contributed by atoms with van der Waals surface area (Å²) < 4.78 is 0. The first-order chi connectivity index (χ1) is 9.65. The second-order valence-electron chi connectivity index (χ2n) is 4.09. The first kappa shape index (κ1) is 12.0. The topological polar surface area (TPSA) is 109 Å². The van der Waals surface area contributed by atoms with Gasteiger partial charge in [0, 0.05) is 17.6 Å². The molecule has 0 radical (unpaired) electrons. The Morgan fingerprint density at radius 2 is 2.10 bits per heavy atom. The Balaban J connectivity index is 2.13. The summed E-state index contributed by atoms with van der Waals surface area (Å²) in [5, 5.41) is 16.4. The highest BCUT2D eigenvalue weighted by atomic mass is 16.3. The van der Waals surface area contributed by atoms with Crippen LogP contribution in [0.1, 0.15) is 16.1 Å². The van der Waals surface area contributed by atoms with Crippen molar-refractivity contribution in [3.05, 3.63) is 58.4 Å². The number of hydrogen-bond donors (Lipinski definition) is 2. The highest BCUT2D eigenvalue weighted by Crippen LogP contribution is 2.24. The molecule has 0 atom stereocenters. The van der Waals surface area contributed by atoms with Gasteiger partial charge in [0.2, 0.25) is 5.78 Å². The predicted molar refractivity (Wildman–Crippen MR) is 69.5 cm³/mol. The number of rotatable bonds is 2. The lowest BCUT2D eigenvalue weighted by Gasteiger charge is -2.04. The average molecular weight is 268 g/mol. The van der Waals surface area contributed by atoms with Crippen molar-refractivity contribution in [2.45, 2.75) is 0 Å². The van der Waals surface area contributed by atoms with Gasteiger partial charge in [-0.15, -0.1) is 0 Å². The molecule has 0 aliphatic heterocycles. The number of nitrogens with zero attached hydrogens (tertiary/aromatic N) is 3. The number of benzene rings is 1. The van der Waals surface area contributed by atoms with Crippen LogP contribution < -0.4 is 5.56 Å². The zero-order valence-electron chi connectivity index (χ0n) is 10.1. The molecule has 0 saturated carbocycles. The number of H-pyrrole nitrogens is 1. The number of carbonyl (C=O) groups is 1. The van der Waals surface area contributed by atoms with Crippen molar-refractivity contribution in [2.75, 3.05) is 0 Å². The van der Waals surface area contributed by atoms with Gasteiger partial charge in [-0.25, -0.2) is 15.1 Å². The highest BCUT2D eigenvalue weighted by molar-refractivity contribution is 6.11. The maximum atomic E-state index is 12.2. The lowest BCUT2D eigenvalue weighted by molar-refractivity contribution is 0.103. The number of carbonyl (C=O) groups excluding carboxylic acids is 1. The summed E-state index contributed by atoms with van der Waals surface area (Å²) in [6.07, 6.45) is 2.89. The lowest BCUT2D eigenvalue weighted by Crippen LogP contribution is -2.12. The smallest absolute Gasteiger partial charge is 0.264 e. The minimum absolute atomic E-state index is 0.0355. The fourth-order valence-electron chi connectivity index (χ4n) is 1.81. The molecule has 3 rings (SSSR count). The molecule has 3 aromatic rings. The van der Waals surface area contributed by atoms with E-state index in [0.29, 0.717) is 10.9 Å². The first-order valence-electron chi connectivity index (χ1n) is 5.68. The molecule has 7 heteroatoms. The molecule has 0 unspecified atom stereocenters. The molecule has 0 saturated heterocycles. The molecular weight excluding hydrogens is 260 g/mol. The van der Waals surface area contributed by atoms with Crippen LogP contribution in [0.15, 0.2) is 41.6 Å². The molecule has 0 aliphatic carbocycles. The van der Waals surface area contributed by atoms with E-state index < -0.39 is 11.3 Å². The van der Waals surface area contributed by atoms with Crippen LogP contribution in [0, 0.1) is 0 Å². The van der Waals surface area contributed by atoms with Crippen molar-refractivity contribution in [1.82, 2.24) is 20.2 Å². The highest BCUT2D eigenvalue weighted by Gasteiger charge is 2.16. The van der Waals surface area contributed by atoms with Gasteiger partial charge in [-0.2, -0.15) is 5.10 Å². The van der Waals surface area contributed by atoms with Crippen LogP contribution in [0.4, 0.5) is 0 Å². The molecular formula is C13H8N4O3. The Kier molecular flexibility index (Phi) is 2.72. The second kappa shape index (κ2) is 4.54. The largest absolute Gasteiger partial charge is 0.507 e. The molecule has 20 heavy (non-hydrogen) atoms. The van der Waals surface area contributed by atoms with Crippen LogP contribution in [0.25, 0.3) is 10.9 Å². The van der Waals surface area contributed by atoms with E-state index in [1.54, 1.807) is 0 Å². The van der Waals surface area contributed by atoms with Crippen LogP contribution in [0.2, 0.25) is 0 Å². The number of phenols is 1. The number of aromatic amines is 1. The zero-order chi connectivity index (χ0) is 14.1. The summed E-state index contributed by atoms with van der Waals surface area (Å²) in [7, 11) is 0. The summed E-state index contributed by atoms with van der Waals surface area (Å²) in [5.74, 6) is -0.690. The lowest BCUT2D eigenvalue weighted by atomic mass is 10.0. The van der Waals surface area contributed by atoms with E-state index in [2.05, 4.69) is 20.2 Å². The Morgan fingerprint density at radius 1 is 1.25 bits per heavy atom. The van der Waals surface area contributed by atoms with Crippen LogP contribution in [0.3, 0.4) is 0 Å². The third kappa shape index (κ3) is 2.01. The van der Waals surface area contributed by atoms with Crippen LogP contribution in [0.5, 0.6) is 5.75 Å². The number of aromatic nitrogens is 4. The monoisotopic (exact) mass is 268 g/mol. The summed E-state index contributed by atoms with van der Waals surface area (Å²) in [5.41, 5.74) is 0.228. The fourth-order valence-corrected chi connectivity index (χ4v) is 1.81. The Labute approximate surface area is 111 Å². The number of ketones is 1. The summed E-state index contributed by atoms with van der Waals surface area (Å²) in [6.45, 7) is 0. The molecule has 0 amide bonds. The molecule has 0 fully saturated rings. The third-order valence-corrected chi connectivity index (χ3v) is 2.78. The maximum absolute atomic E-state index is 12.2. The van der Waals surface area contributed by atoms with Gasteiger partial charge in [0.1, 0.15) is 17.8 Å². The van der Waals surface area contributed by atoms with Crippen LogP contribution in [-0.4, -0.2) is 31.1 Å². The average Bonchev–Trinajstić information content (AvgIpc) is 2.46. The van der Waals surface area contributed by atoms with E-state index >= 15 is 0 Å². The van der Waals surface area contributed by atoms with Crippen LogP contribution in [-0.2, 0) is 0 Å². The molecule has 2 aromatic heterocycles. The van der Waals surface area contributed by atoms with Crippen molar-refractivity contribution in [1.29, 1.82) is 0 Å². The molecule has 0 bridgehead atoms. The van der Waals surface area contributed by atoms with E-state index in [-0.39, 0.29) is 17.0 Å². The number of hydrogen-bond acceptors (Lipinski definition) is 6. The van der Waals surface area contributed by atoms with E-state index in [9.17, 15) is 14.7 Å². The van der Waals surface area contributed by atoms with E-state index in [4.69, 9.17) is 0 Å². The molecule has 2 N–H and O–H groups in total. The second-order valence-corrected chi connectivity index (χ2v) is 4.09. The number of aromatic hydroxyl groups is 1. The molecule has 7 nitrogen and oxygen atoms in total. The molecule has 98 valence electrons. The van der Waals surface area contributed by atoms with Crippen molar-refractivity contribution in [3.63, 3.8) is 0 Å². The van der Waals surface area contributed by atoms with Crippen molar-refractivity contribution in [3.8, 4) is 5.75 Å². The Bertz CT molecular complexity index is 852. The van der Waals surface area contributed by atoms with Crippen LogP contribution >= 0.6 is 0 Å². The van der Waals surface area contributed by atoms with Crippen molar-refractivity contribution >= 4 is 16.7 Å². The number of phenolic OH excluding ortho intramolecular Hbond substituents is 1. The maximum Gasteiger partial charge on any atom is 0.264 e. The molecule has 1 aromatic carbocycles. The summed E-state index contributed by atoms with van der Waals surface area (Å²) >= 11 is 0. The van der Waals surface area contributed by atoms with Gasteiger partial charge in [0.15, 0.2) is 0 Å². The fraction of sp³-hybridized carbons (Fsp3) is 0. The summed E-state index contributed by atoms with van der Waals surface area (Å²) in [6, 6.07) is 5.36. The summed E-state index contributed by atoms with van der Waals surface area (Å²) in [4.78, 5) is 31.0. The molecule has 0 spiro atoms. The van der Waals surface area contributed by atoms with Crippen molar-refractivity contribution in [2.24, 2.45) is 0 Å². The predicted octanol–water partition coefficient (Wildman–Crippen LogP) is 0.650. The first-order valence-corrected chi connectivity index (χ1v) is 5.68. The number of fused-ring (bicyclic) bond motifs is 1. The van der Waals surface area contributed by atoms with Crippen molar-refractivity contribution < 1.29 is 9.90 Å². The van der Waals surface area contributed by atoms with Gasteiger partial charge in [-0.05, 0) is 18.2 Å². The minimum Gasteiger partial charge on any atom is -0.507 e. The zero-order valence-corrected chi connectivity index (χ0v) is 10.1. The molecule has 0 aliphatic rings. The third-order valence-electron chi connectivity index (χ3n) is 2.78. The van der Waals surface area contributed by atoms with E-state index in [1.165, 1.54) is 36.8 Å². The minimum atomic E-state index is -0.501. The van der Waals surface area contributed by atoms with Gasteiger partial charge in [0.05, 0.1) is 11.1 Å².